The van der Waals surface area contributed by atoms with Crippen LogP contribution in [0.4, 0.5) is 0 Å². The SMILES string of the molecule is CCC(=NC)C(CCc1ccccc1)=NC.OC(O)=C(O)O. The molecule has 0 saturated carbocycles. The summed E-state index contributed by atoms with van der Waals surface area (Å²) in [6.07, 6.45) is 2.96. The molecule has 0 bridgehead atoms. The number of benzene rings is 1. The summed E-state index contributed by atoms with van der Waals surface area (Å²) in [5, 5.41) is 30.3. The van der Waals surface area contributed by atoms with Crippen molar-refractivity contribution in [2.75, 3.05) is 14.1 Å². The quantitative estimate of drug-likeness (QED) is 0.493. The molecule has 0 heterocycles. The van der Waals surface area contributed by atoms with Gasteiger partial charge in [0.25, 0.3) is 0 Å². The molecule has 0 aliphatic rings. The molecule has 0 aliphatic carbocycles. The fourth-order valence-corrected chi connectivity index (χ4v) is 1.78. The predicted octanol–water partition coefficient (Wildman–Crippen LogP) is 3.52. The van der Waals surface area contributed by atoms with Gasteiger partial charge in [0.1, 0.15) is 0 Å². The highest BCUT2D eigenvalue weighted by Gasteiger charge is 2.05. The first-order chi connectivity index (χ1) is 10.5. The highest BCUT2D eigenvalue weighted by molar-refractivity contribution is 6.42. The maximum atomic E-state index is 7.56. The van der Waals surface area contributed by atoms with Crippen LogP contribution in [0.2, 0.25) is 0 Å². The molecule has 0 amide bonds. The molecule has 122 valence electrons. The summed E-state index contributed by atoms with van der Waals surface area (Å²) in [7, 11) is 3.69. The summed E-state index contributed by atoms with van der Waals surface area (Å²) in [5.41, 5.74) is 3.61. The molecular weight excluding hydrogens is 284 g/mol. The summed E-state index contributed by atoms with van der Waals surface area (Å²) >= 11 is 0. The van der Waals surface area contributed by atoms with Crippen molar-refractivity contribution in [1.29, 1.82) is 0 Å². The van der Waals surface area contributed by atoms with E-state index in [9.17, 15) is 0 Å². The lowest BCUT2D eigenvalue weighted by Gasteiger charge is -2.07. The third-order valence-electron chi connectivity index (χ3n) is 2.90. The lowest BCUT2D eigenvalue weighted by atomic mass is 10.0. The van der Waals surface area contributed by atoms with Gasteiger partial charge < -0.3 is 20.4 Å². The van der Waals surface area contributed by atoms with Gasteiger partial charge in [-0.3, -0.25) is 9.98 Å². The van der Waals surface area contributed by atoms with E-state index in [1.165, 1.54) is 5.56 Å². The molecule has 1 aromatic rings. The largest absolute Gasteiger partial charge is 0.476 e. The smallest absolute Gasteiger partial charge is 0.358 e. The predicted molar refractivity (Wildman–Crippen MR) is 89.3 cm³/mol. The van der Waals surface area contributed by atoms with E-state index in [1.54, 1.807) is 0 Å². The number of hydrogen-bond donors (Lipinski definition) is 4. The number of aliphatic hydroxyl groups excluding tert-OH is 2. The number of aryl methyl sites for hydroxylation is 1. The Balaban J connectivity index is 0.000000626. The molecule has 6 heteroatoms. The Hall–Kier alpha value is -2.50. The number of hydrogen-bond acceptors (Lipinski definition) is 6. The Morgan fingerprint density at radius 3 is 1.73 bits per heavy atom. The van der Waals surface area contributed by atoms with E-state index in [0.29, 0.717) is 0 Å². The van der Waals surface area contributed by atoms with Gasteiger partial charge in [-0.15, -0.1) is 0 Å². The number of aliphatic imine (C=N–C) groups is 2. The van der Waals surface area contributed by atoms with Crippen molar-refractivity contribution < 1.29 is 20.4 Å². The fraction of sp³-hybridized carbons (Fsp3) is 0.375. The van der Waals surface area contributed by atoms with Gasteiger partial charge >= 0.3 is 11.9 Å². The minimum atomic E-state index is -1.46. The minimum absolute atomic E-state index is 0.956. The van der Waals surface area contributed by atoms with Crippen LogP contribution < -0.4 is 0 Å². The second kappa shape index (κ2) is 11.2. The molecule has 22 heavy (non-hydrogen) atoms. The third kappa shape index (κ3) is 7.94. The summed E-state index contributed by atoms with van der Waals surface area (Å²) in [6.45, 7) is 2.12. The lowest BCUT2D eigenvalue weighted by Crippen LogP contribution is -2.14. The highest BCUT2D eigenvalue weighted by atomic mass is 16.5. The van der Waals surface area contributed by atoms with Crippen molar-refractivity contribution in [3.63, 3.8) is 0 Å². The van der Waals surface area contributed by atoms with E-state index < -0.39 is 11.9 Å². The Morgan fingerprint density at radius 1 is 0.864 bits per heavy atom. The zero-order chi connectivity index (χ0) is 17.0. The molecule has 0 unspecified atom stereocenters. The standard InChI is InChI=1S/C14H20N2.C2H4O4/c1-4-13(15-2)14(16-3)11-10-12-8-6-5-7-9-12;3-1(4)2(5)6/h5-9H,4,10-11H2,1-3H3;3-6H. The highest BCUT2D eigenvalue weighted by Crippen LogP contribution is 2.05. The second-order valence-electron chi connectivity index (χ2n) is 4.33. The van der Waals surface area contributed by atoms with Gasteiger partial charge in [-0.2, -0.15) is 0 Å². The first-order valence-corrected chi connectivity index (χ1v) is 6.91. The van der Waals surface area contributed by atoms with Gasteiger partial charge in [-0.25, -0.2) is 0 Å². The topological polar surface area (TPSA) is 106 Å². The Morgan fingerprint density at radius 2 is 1.36 bits per heavy atom. The van der Waals surface area contributed by atoms with Gasteiger partial charge in [-0.1, -0.05) is 37.3 Å². The molecule has 0 atom stereocenters. The third-order valence-corrected chi connectivity index (χ3v) is 2.90. The summed E-state index contributed by atoms with van der Waals surface area (Å²) in [6, 6.07) is 10.5. The summed E-state index contributed by atoms with van der Waals surface area (Å²) < 4.78 is 0. The Labute approximate surface area is 130 Å². The fourth-order valence-electron chi connectivity index (χ4n) is 1.78. The van der Waals surface area contributed by atoms with Crippen LogP contribution >= 0.6 is 0 Å². The van der Waals surface area contributed by atoms with E-state index >= 15 is 0 Å². The van der Waals surface area contributed by atoms with Gasteiger partial charge in [0.15, 0.2) is 0 Å². The molecule has 0 aliphatic heterocycles. The van der Waals surface area contributed by atoms with E-state index in [0.717, 1.165) is 30.7 Å². The van der Waals surface area contributed by atoms with Crippen molar-refractivity contribution in [2.45, 2.75) is 26.2 Å². The van der Waals surface area contributed by atoms with Crippen LogP contribution in [0.1, 0.15) is 25.3 Å². The van der Waals surface area contributed by atoms with Crippen LogP contribution in [0.15, 0.2) is 52.2 Å². The van der Waals surface area contributed by atoms with Gasteiger partial charge in [0.05, 0.1) is 11.4 Å². The number of aliphatic hydroxyl groups is 4. The van der Waals surface area contributed by atoms with Crippen LogP contribution in [0.5, 0.6) is 0 Å². The first kappa shape index (κ1) is 19.5. The van der Waals surface area contributed by atoms with E-state index in [-0.39, 0.29) is 0 Å². The molecule has 0 saturated heterocycles. The number of nitrogens with zero attached hydrogens (tertiary/aromatic N) is 2. The average Bonchev–Trinajstić information content (AvgIpc) is 2.53. The van der Waals surface area contributed by atoms with E-state index in [4.69, 9.17) is 20.4 Å². The second-order valence-corrected chi connectivity index (χ2v) is 4.33. The average molecular weight is 308 g/mol. The molecule has 4 N–H and O–H groups in total. The molecular formula is C16H24N2O4. The molecule has 0 spiro atoms. The molecule has 0 radical (unpaired) electrons. The zero-order valence-corrected chi connectivity index (χ0v) is 13.2. The van der Waals surface area contributed by atoms with E-state index in [2.05, 4.69) is 41.2 Å². The molecule has 1 rings (SSSR count). The van der Waals surface area contributed by atoms with Gasteiger partial charge in [0, 0.05) is 14.1 Å². The molecule has 0 fully saturated rings. The van der Waals surface area contributed by atoms with Crippen LogP contribution in [-0.4, -0.2) is 45.9 Å². The van der Waals surface area contributed by atoms with Crippen molar-refractivity contribution >= 4 is 11.4 Å². The van der Waals surface area contributed by atoms with Crippen molar-refractivity contribution in [3.8, 4) is 0 Å². The minimum Gasteiger partial charge on any atom is -0.476 e. The monoisotopic (exact) mass is 308 g/mol. The van der Waals surface area contributed by atoms with E-state index in [1.807, 2.05) is 20.2 Å². The van der Waals surface area contributed by atoms with Crippen LogP contribution in [0.3, 0.4) is 0 Å². The summed E-state index contributed by atoms with van der Waals surface area (Å²) in [5.74, 6) is -2.93. The summed E-state index contributed by atoms with van der Waals surface area (Å²) in [4.78, 5) is 8.61. The van der Waals surface area contributed by atoms with Crippen molar-refractivity contribution in [2.24, 2.45) is 9.98 Å². The molecule has 1 aromatic carbocycles. The normalized spacial score (nSPS) is 11.4. The lowest BCUT2D eigenvalue weighted by molar-refractivity contribution is 0.0883. The van der Waals surface area contributed by atoms with Crippen LogP contribution in [0, 0.1) is 0 Å². The van der Waals surface area contributed by atoms with Crippen molar-refractivity contribution in [1.82, 2.24) is 0 Å². The van der Waals surface area contributed by atoms with Crippen LogP contribution in [-0.2, 0) is 6.42 Å². The molecule has 0 aromatic heterocycles. The van der Waals surface area contributed by atoms with Gasteiger partial charge in [0.2, 0.25) is 0 Å². The zero-order valence-electron chi connectivity index (χ0n) is 13.2. The van der Waals surface area contributed by atoms with Crippen molar-refractivity contribution in [3.05, 3.63) is 47.8 Å². The first-order valence-electron chi connectivity index (χ1n) is 6.91. The Bertz CT molecular complexity index is 504. The molecule has 6 nitrogen and oxygen atoms in total. The van der Waals surface area contributed by atoms with Crippen LogP contribution in [0.25, 0.3) is 0 Å². The maximum Gasteiger partial charge on any atom is 0.358 e. The maximum absolute atomic E-state index is 7.56. The number of rotatable bonds is 5. The Kier molecular flexibility index (Phi) is 9.92. The van der Waals surface area contributed by atoms with Gasteiger partial charge in [-0.05, 0) is 24.8 Å².